The first-order valence-electron chi connectivity index (χ1n) is 7.76. The summed E-state index contributed by atoms with van der Waals surface area (Å²) in [6.07, 6.45) is 9.50. The Labute approximate surface area is 143 Å². The summed E-state index contributed by atoms with van der Waals surface area (Å²) in [5.41, 5.74) is 0. The number of aliphatic hydroxyl groups excluding tert-OH is 2. The van der Waals surface area contributed by atoms with Crippen LogP contribution in [0.15, 0.2) is 0 Å². The zero-order valence-corrected chi connectivity index (χ0v) is 16.1. The van der Waals surface area contributed by atoms with Crippen LogP contribution in [-0.2, 0) is 0 Å². The van der Waals surface area contributed by atoms with Gasteiger partial charge in [0, 0.05) is 42.8 Å². The Kier molecular flexibility index (Phi) is 27.8. The Morgan fingerprint density at radius 2 is 0.895 bits per heavy atom. The van der Waals surface area contributed by atoms with Crippen LogP contribution >= 0.6 is 0 Å². The third kappa shape index (κ3) is 32.4. The van der Waals surface area contributed by atoms with Crippen molar-refractivity contribution < 1.29 is 10.2 Å². The van der Waals surface area contributed by atoms with E-state index in [2.05, 4.69) is 27.7 Å². The van der Waals surface area contributed by atoms with Gasteiger partial charge >= 0.3 is 0 Å². The van der Waals surface area contributed by atoms with Crippen molar-refractivity contribution in [3.63, 3.8) is 0 Å². The second kappa shape index (κ2) is 21.2. The molecule has 0 unspecified atom stereocenters. The van der Waals surface area contributed by atoms with Crippen molar-refractivity contribution in [1.29, 1.82) is 0 Å². The molecule has 0 spiro atoms. The molecule has 0 atom stereocenters. The van der Waals surface area contributed by atoms with Gasteiger partial charge in [-0.25, -0.2) is 0 Å². The minimum absolute atomic E-state index is 0. The number of hydrogen-bond donors (Lipinski definition) is 2. The molecule has 0 aromatic rings. The zero-order chi connectivity index (χ0) is 14.2. The molecule has 19 heavy (non-hydrogen) atoms. The minimum atomic E-state index is 0. The molecular weight excluding hydrogens is 247 g/mol. The first kappa shape index (κ1) is 24.9. The summed E-state index contributed by atoms with van der Waals surface area (Å²) in [4.78, 5) is 0. The molecular formula is C16H36NaO2. The number of unbranched alkanes of at least 4 members (excludes halogenated alkanes) is 4. The molecule has 0 bridgehead atoms. The maximum atomic E-state index is 8.43. The average Bonchev–Trinajstić information content (AvgIpc) is 2.31. The van der Waals surface area contributed by atoms with Crippen LogP contribution in [0.1, 0.15) is 79.1 Å². The molecule has 0 amide bonds. The Bertz CT molecular complexity index is 123. The zero-order valence-electron chi connectivity index (χ0n) is 14.1. The van der Waals surface area contributed by atoms with Crippen molar-refractivity contribution in [3.05, 3.63) is 0 Å². The summed E-state index contributed by atoms with van der Waals surface area (Å²) < 4.78 is 0. The molecule has 3 heteroatoms. The first-order chi connectivity index (χ1) is 8.54. The van der Waals surface area contributed by atoms with Crippen molar-refractivity contribution in [3.8, 4) is 0 Å². The molecule has 2 N–H and O–H groups in total. The predicted octanol–water partition coefficient (Wildman–Crippen LogP) is 4.01. The van der Waals surface area contributed by atoms with Crippen LogP contribution in [0.3, 0.4) is 0 Å². The molecule has 0 aliphatic rings. The minimum Gasteiger partial charge on any atom is -0.396 e. The summed E-state index contributed by atoms with van der Waals surface area (Å²) in [5, 5.41) is 16.9. The van der Waals surface area contributed by atoms with E-state index in [1.54, 1.807) is 0 Å². The normalized spacial score (nSPS) is 10.1. The average molecular weight is 283 g/mol. The van der Waals surface area contributed by atoms with E-state index in [0.717, 1.165) is 24.7 Å². The van der Waals surface area contributed by atoms with E-state index in [1.807, 2.05) is 0 Å². The van der Waals surface area contributed by atoms with Gasteiger partial charge in [-0.05, 0) is 24.7 Å². The molecule has 113 valence electrons. The molecule has 0 rings (SSSR count). The maximum absolute atomic E-state index is 8.43. The molecule has 2 nitrogen and oxygen atoms in total. The van der Waals surface area contributed by atoms with E-state index in [0.29, 0.717) is 13.2 Å². The van der Waals surface area contributed by atoms with Crippen molar-refractivity contribution >= 4 is 29.6 Å². The van der Waals surface area contributed by atoms with Gasteiger partial charge in [0.15, 0.2) is 0 Å². The number of rotatable bonds is 10. The topological polar surface area (TPSA) is 40.5 Å². The third-order valence-corrected chi connectivity index (χ3v) is 2.88. The SMILES string of the molecule is CC(C)CCCCCO.CC(C)CCCCCO.[Na]. The number of aliphatic hydroxyl groups is 2. The van der Waals surface area contributed by atoms with Gasteiger partial charge in [-0.3, -0.25) is 0 Å². The Balaban J connectivity index is -0.000000256. The van der Waals surface area contributed by atoms with Gasteiger partial charge in [0.05, 0.1) is 0 Å². The van der Waals surface area contributed by atoms with Gasteiger partial charge in [0.25, 0.3) is 0 Å². The van der Waals surface area contributed by atoms with E-state index in [-0.39, 0.29) is 29.6 Å². The Hall–Kier alpha value is 0.920. The van der Waals surface area contributed by atoms with Crippen molar-refractivity contribution in [2.24, 2.45) is 11.8 Å². The summed E-state index contributed by atoms with van der Waals surface area (Å²) in [6, 6.07) is 0. The van der Waals surface area contributed by atoms with Crippen LogP contribution in [0.2, 0.25) is 0 Å². The van der Waals surface area contributed by atoms with Crippen molar-refractivity contribution in [2.75, 3.05) is 13.2 Å². The van der Waals surface area contributed by atoms with Crippen LogP contribution < -0.4 is 0 Å². The fourth-order valence-electron chi connectivity index (χ4n) is 1.68. The first-order valence-corrected chi connectivity index (χ1v) is 7.76. The Morgan fingerprint density at radius 1 is 0.579 bits per heavy atom. The molecule has 0 aliphatic carbocycles. The predicted molar refractivity (Wildman–Crippen MR) is 86.5 cm³/mol. The van der Waals surface area contributed by atoms with Crippen LogP contribution in [0.5, 0.6) is 0 Å². The molecule has 0 saturated heterocycles. The molecule has 1 radical (unpaired) electrons. The smallest absolute Gasteiger partial charge is 0.0431 e. The summed E-state index contributed by atoms with van der Waals surface area (Å²) in [6.45, 7) is 9.66. The largest absolute Gasteiger partial charge is 0.396 e. The van der Waals surface area contributed by atoms with Crippen molar-refractivity contribution in [1.82, 2.24) is 0 Å². The summed E-state index contributed by atoms with van der Waals surface area (Å²) in [5.74, 6) is 1.65. The van der Waals surface area contributed by atoms with Gasteiger partial charge in [0.2, 0.25) is 0 Å². The van der Waals surface area contributed by atoms with Crippen molar-refractivity contribution in [2.45, 2.75) is 79.1 Å². The fourth-order valence-corrected chi connectivity index (χ4v) is 1.68. The Morgan fingerprint density at radius 3 is 1.11 bits per heavy atom. The standard InChI is InChI=1S/2C8H18O.Na/c2*1-8(2)6-4-3-5-7-9;/h2*8-9H,3-7H2,1-2H3;. The summed E-state index contributed by atoms with van der Waals surface area (Å²) in [7, 11) is 0. The van der Waals surface area contributed by atoms with Crippen LogP contribution in [0.25, 0.3) is 0 Å². The second-order valence-corrected chi connectivity index (χ2v) is 5.93. The monoisotopic (exact) mass is 283 g/mol. The molecule has 0 aromatic carbocycles. The van der Waals surface area contributed by atoms with E-state index in [9.17, 15) is 0 Å². The molecule has 0 saturated carbocycles. The van der Waals surface area contributed by atoms with Gasteiger partial charge in [-0.1, -0.05) is 66.2 Å². The van der Waals surface area contributed by atoms with E-state index in [1.165, 1.54) is 38.5 Å². The summed E-state index contributed by atoms with van der Waals surface area (Å²) >= 11 is 0. The third-order valence-electron chi connectivity index (χ3n) is 2.88. The maximum Gasteiger partial charge on any atom is 0.0431 e. The van der Waals surface area contributed by atoms with Gasteiger partial charge in [-0.15, -0.1) is 0 Å². The van der Waals surface area contributed by atoms with Gasteiger partial charge in [0.1, 0.15) is 0 Å². The van der Waals surface area contributed by atoms with Crippen LogP contribution in [0.4, 0.5) is 0 Å². The van der Waals surface area contributed by atoms with Crippen LogP contribution in [0, 0.1) is 11.8 Å². The number of hydrogen-bond acceptors (Lipinski definition) is 2. The molecule has 0 aliphatic heterocycles. The molecule has 0 aromatic heterocycles. The molecule has 0 fully saturated rings. The van der Waals surface area contributed by atoms with Gasteiger partial charge in [-0.2, -0.15) is 0 Å². The fraction of sp³-hybridized carbons (Fsp3) is 1.00. The van der Waals surface area contributed by atoms with E-state index in [4.69, 9.17) is 10.2 Å². The van der Waals surface area contributed by atoms with Gasteiger partial charge < -0.3 is 10.2 Å². The second-order valence-electron chi connectivity index (χ2n) is 5.93. The quantitative estimate of drug-likeness (QED) is 0.470. The van der Waals surface area contributed by atoms with E-state index < -0.39 is 0 Å². The molecule has 0 heterocycles. The van der Waals surface area contributed by atoms with E-state index >= 15 is 0 Å². The van der Waals surface area contributed by atoms with Crippen LogP contribution in [-0.4, -0.2) is 53.0 Å².